The van der Waals surface area contributed by atoms with Crippen LogP contribution in [0.15, 0.2) is 0 Å². The molecule has 0 aliphatic carbocycles. The summed E-state index contributed by atoms with van der Waals surface area (Å²) in [4.78, 5) is 0. The fourth-order valence-corrected chi connectivity index (χ4v) is 1.69. The van der Waals surface area contributed by atoms with Gasteiger partial charge in [-0.15, -0.1) is 0 Å². The molecule has 14 heavy (non-hydrogen) atoms. The molecule has 1 heterocycles. The van der Waals surface area contributed by atoms with E-state index in [1.807, 2.05) is 0 Å². The van der Waals surface area contributed by atoms with Crippen molar-refractivity contribution in [2.45, 2.75) is 30.4 Å². The first kappa shape index (κ1) is 11.8. The number of hydrogen-bond donors (Lipinski definition) is 5. The number of rotatable bonds is 3. The monoisotopic (exact) mass is 208 g/mol. The Morgan fingerprint density at radius 3 is 2.21 bits per heavy atom. The minimum absolute atomic E-state index is 0.404. The average molecular weight is 208 g/mol. The molecule has 84 valence electrons. The zero-order valence-electron chi connectivity index (χ0n) is 8.02. The van der Waals surface area contributed by atoms with Gasteiger partial charge in [0.1, 0.15) is 18.9 Å². The lowest BCUT2D eigenvalue weighted by molar-refractivity contribution is -0.115. The SMILES string of the molecule is CNC[C@H]1NC(CF)[C@@H](O)C(O)C1O. The summed E-state index contributed by atoms with van der Waals surface area (Å²) in [5.74, 6) is 0. The summed E-state index contributed by atoms with van der Waals surface area (Å²) in [6, 6.07) is -1.26. The van der Waals surface area contributed by atoms with E-state index < -0.39 is 37.1 Å². The smallest absolute Gasteiger partial charge is 0.109 e. The molecule has 1 aliphatic rings. The zero-order chi connectivity index (χ0) is 10.7. The van der Waals surface area contributed by atoms with Crippen LogP contribution in [0, 0.1) is 0 Å². The van der Waals surface area contributed by atoms with Gasteiger partial charge in [-0.1, -0.05) is 0 Å². The third kappa shape index (κ3) is 2.21. The molecule has 3 unspecified atom stereocenters. The predicted molar refractivity (Wildman–Crippen MR) is 48.6 cm³/mol. The molecule has 0 aromatic carbocycles. The van der Waals surface area contributed by atoms with E-state index in [2.05, 4.69) is 10.6 Å². The molecule has 1 fully saturated rings. The van der Waals surface area contributed by atoms with Gasteiger partial charge in [0, 0.05) is 12.6 Å². The van der Waals surface area contributed by atoms with E-state index in [0.717, 1.165) is 0 Å². The van der Waals surface area contributed by atoms with E-state index in [9.17, 15) is 19.7 Å². The Bertz CT molecular complexity index is 180. The zero-order valence-corrected chi connectivity index (χ0v) is 8.02. The van der Waals surface area contributed by atoms with Crippen LogP contribution in [0.3, 0.4) is 0 Å². The second-order valence-corrected chi connectivity index (χ2v) is 3.56. The summed E-state index contributed by atoms with van der Waals surface area (Å²) < 4.78 is 12.4. The van der Waals surface area contributed by atoms with Crippen LogP contribution in [0.2, 0.25) is 0 Å². The number of piperidine rings is 1. The molecule has 0 spiro atoms. The predicted octanol–water partition coefficient (Wildman–Crippen LogP) is -2.40. The third-order valence-electron chi connectivity index (χ3n) is 2.54. The Hall–Kier alpha value is -0.270. The van der Waals surface area contributed by atoms with Gasteiger partial charge in [0.15, 0.2) is 0 Å². The number of aliphatic hydroxyl groups is 3. The van der Waals surface area contributed by atoms with Crippen LogP contribution in [0.1, 0.15) is 0 Å². The minimum Gasteiger partial charge on any atom is -0.389 e. The maximum absolute atomic E-state index is 12.4. The van der Waals surface area contributed by atoms with E-state index in [1.165, 1.54) is 0 Å². The highest BCUT2D eigenvalue weighted by Crippen LogP contribution is 2.15. The maximum atomic E-state index is 12.4. The molecule has 0 aromatic rings. The highest BCUT2D eigenvalue weighted by molar-refractivity contribution is 4.98. The second kappa shape index (κ2) is 4.99. The molecule has 6 heteroatoms. The van der Waals surface area contributed by atoms with Crippen molar-refractivity contribution in [3.05, 3.63) is 0 Å². The van der Waals surface area contributed by atoms with Gasteiger partial charge in [0.05, 0.1) is 12.1 Å². The van der Waals surface area contributed by atoms with Crippen molar-refractivity contribution in [3.8, 4) is 0 Å². The van der Waals surface area contributed by atoms with Crippen LogP contribution in [0.5, 0.6) is 0 Å². The molecule has 1 saturated heterocycles. The van der Waals surface area contributed by atoms with Gasteiger partial charge in [0.2, 0.25) is 0 Å². The van der Waals surface area contributed by atoms with E-state index >= 15 is 0 Å². The lowest BCUT2D eigenvalue weighted by Gasteiger charge is -2.40. The van der Waals surface area contributed by atoms with Crippen molar-refractivity contribution >= 4 is 0 Å². The average Bonchev–Trinajstić information content (AvgIpc) is 2.19. The normalized spacial score (nSPS) is 43.9. The molecule has 1 rings (SSSR count). The Morgan fingerprint density at radius 2 is 1.71 bits per heavy atom. The number of alkyl halides is 1. The standard InChI is InChI=1S/C8H17FN2O3/c1-10-3-5-7(13)8(14)6(12)4(2-9)11-5/h4-8,10-14H,2-3H2,1H3/t4?,5-,6-,7?,8?/m1/s1. The van der Waals surface area contributed by atoms with E-state index in [0.29, 0.717) is 6.54 Å². The van der Waals surface area contributed by atoms with Gasteiger partial charge in [-0.05, 0) is 7.05 Å². The molecular weight excluding hydrogens is 191 g/mol. The summed E-state index contributed by atoms with van der Waals surface area (Å²) in [5.41, 5.74) is 0. The van der Waals surface area contributed by atoms with E-state index in [-0.39, 0.29) is 0 Å². The van der Waals surface area contributed by atoms with Gasteiger partial charge in [-0.25, -0.2) is 4.39 Å². The fourth-order valence-electron chi connectivity index (χ4n) is 1.69. The summed E-state index contributed by atoms with van der Waals surface area (Å²) in [7, 11) is 1.69. The van der Waals surface area contributed by atoms with Gasteiger partial charge >= 0.3 is 0 Å². The molecule has 5 nitrogen and oxygen atoms in total. The van der Waals surface area contributed by atoms with Crippen molar-refractivity contribution in [1.82, 2.24) is 10.6 Å². The van der Waals surface area contributed by atoms with Crippen LogP contribution < -0.4 is 10.6 Å². The fraction of sp³-hybridized carbons (Fsp3) is 1.00. The molecular formula is C8H17FN2O3. The van der Waals surface area contributed by atoms with E-state index in [1.54, 1.807) is 7.05 Å². The highest BCUT2D eigenvalue weighted by atomic mass is 19.1. The first-order valence-corrected chi connectivity index (χ1v) is 4.62. The van der Waals surface area contributed by atoms with E-state index in [4.69, 9.17) is 0 Å². The molecule has 5 atom stereocenters. The number of halogens is 1. The molecule has 1 aliphatic heterocycles. The van der Waals surface area contributed by atoms with Crippen LogP contribution >= 0.6 is 0 Å². The van der Waals surface area contributed by atoms with Crippen molar-refractivity contribution in [2.24, 2.45) is 0 Å². The lowest BCUT2D eigenvalue weighted by Crippen LogP contribution is -2.67. The third-order valence-corrected chi connectivity index (χ3v) is 2.54. The van der Waals surface area contributed by atoms with Crippen molar-refractivity contribution in [2.75, 3.05) is 20.3 Å². The highest BCUT2D eigenvalue weighted by Gasteiger charge is 2.41. The topological polar surface area (TPSA) is 84.8 Å². The van der Waals surface area contributed by atoms with Gasteiger partial charge in [0.25, 0.3) is 0 Å². The first-order chi connectivity index (χ1) is 6.61. The quantitative estimate of drug-likeness (QED) is 0.357. The van der Waals surface area contributed by atoms with Crippen molar-refractivity contribution in [1.29, 1.82) is 0 Å². The summed E-state index contributed by atoms with van der Waals surface area (Å²) in [5, 5.41) is 33.8. The summed E-state index contributed by atoms with van der Waals surface area (Å²) in [6.45, 7) is -0.368. The maximum Gasteiger partial charge on any atom is 0.109 e. The van der Waals surface area contributed by atoms with Crippen LogP contribution in [0.25, 0.3) is 0 Å². The number of aliphatic hydroxyl groups excluding tert-OH is 3. The van der Waals surface area contributed by atoms with Gasteiger partial charge in [-0.3, -0.25) is 0 Å². The molecule has 0 bridgehead atoms. The molecule has 0 radical (unpaired) electrons. The Kier molecular flexibility index (Phi) is 4.21. The molecule has 0 amide bonds. The largest absolute Gasteiger partial charge is 0.389 e. The molecule has 0 saturated carbocycles. The van der Waals surface area contributed by atoms with Crippen molar-refractivity contribution < 1.29 is 19.7 Å². The van der Waals surface area contributed by atoms with Crippen LogP contribution in [-0.4, -0.2) is 66.0 Å². The lowest BCUT2D eigenvalue weighted by atomic mass is 9.91. The van der Waals surface area contributed by atoms with Gasteiger partial charge in [-0.2, -0.15) is 0 Å². The summed E-state index contributed by atoms with van der Waals surface area (Å²) in [6.07, 6.45) is -3.64. The molecule has 5 N–H and O–H groups in total. The Morgan fingerprint density at radius 1 is 1.14 bits per heavy atom. The number of likely N-dealkylation sites (N-methyl/N-ethyl adjacent to an activating group) is 1. The van der Waals surface area contributed by atoms with Crippen LogP contribution in [0.4, 0.5) is 4.39 Å². The number of nitrogens with one attached hydrogen (secondary N) is 2. The summed E-state index contributed by atoms with van der Waals surface area (Å²) >= 11 is 0. The Labute approximate surface area is 81.9 Å². The number of hydrogen-bond acceptors (Lipinski definition) is 5. The van der Waals surface area contributed by atoms with Crippen LogP contribution in [-0.2, 0) is 0 Å². The minimum atomic E-state index is -1.30. The first-order valence-electron chi connectivity index (χ1n) is 4.62. The Balaban J connectivity index is 2.63. The second-order valence-electron chi connectivity index (χ2n) is 3.56. The van der Waals surface area contributed by atoms with Crippen molar-refractivity contribution in [3.63, 3.8) is 0 Å². The van der Waals surface area contributed by atoms with Gasteiger partial charge < -0.3 is 26.0 Å². The molecule has 0 aromatic heterocycles.